The van der Waals surface area contributed by atoms with Crippen molar-refractivity contribution in [3.63, 3.8) is 0 Å². The lowest BCUT2D eigenvalue weighted by Gasteiger charge is -2.08. The van der Waals surface area contributed by atoms with Gasteiger partial charge in [-0.15, -0.1) is 0 Å². The van der Waals surface area contributed by atoms with Crippen molar-refractivity contribution in [2.75, 3.05) is 6.61 Å². The molecule has 1 atom stereocenters. The van der Waals surface area contributed by atoms with Gasteiger partial charge < -0.3 is 15.9 Å². The van der Waals surface area contributed by atoms with Crippen LogP contribution in [-0.4, -0.2) is 28.5 Å². The average Bonchev–Trinajstić information content (AvgIpc) is 3.22. The predicted molar refractivity (Wildman–Crippen MR) is 93.9 cm³/mol. The molecule has 0 aromatic heterocycles. The second-order valence-corrected chi connectivity index (χ2v) is 7.46. The standard InChI is InChI=1S/C19H39NO2/c20-19(15-16-19)14-11-9-7-5-3-1-2-4-6-8-10-12-18(22)13-17-21/h18,21-22H,1-17,20H2. The molecule has 3 nitrogen and oxygen atoms in total. The van der Waals surface area contributed by atoms with E-state index >= 15 is 0 Å². The van der Waals surface area contributed by atoms with E-state index in [2.05, 4.69) is 0 Å². The largest absolute Gasteiger partial charge is 0.396 e. The molecule has 0 amide bonds. The van der Waals surface area contributed by atoms with Gasteiger partial charge in [0, 0.05) is 12.1 Å². The first-order chi connectivity index (χ1) is 10.7. The third-order valence-corrected chi connectivity index (χ3v) is 5.07. The molecule has 1 saturated carbocycles. The molecule has 0 aromatic rings. The molecule has 0 bridgehead atoms. The zero-order valence-electron chi connectivity index (χ0n) is 14.6. The van der Waals surface area contributed by atoms with E-state index in [1.54, 1.807) is 0 Å². The van der Waals surface area contributed by atoms with Crippen LogP contribution in [0.15, 0.2) is 0 Å². The van der Waals surface area contributed by atoms with E-state index in [0.29, 0.717) is 6.42 Å². The Morgan fingerprint density at radius 3 is 1.64 bits per heavy atom. The van der Waals surface area contributed by atoms with Crippen molar-refractivity contribution < 1.29 is 10.2 Å². The third-order valence-electron chi connectivity index (χ3n) is 5.07. The molecule has 1 rings (SSSR count). The number of hydrogen-bond acceptors (Lipinski definition) is 3. The van der Waals surface area contributed by atoms with Crippen LogP contribution in [0.1, 0.15) is 103 Å². The molecular weight excluding hydrogens is 274 g/mol. The molecule has 1 aliphatic rings. The van der Waals surface area contributed by atoms with Gasteiger partial charge in [-0.05, 0) is 32.1 Å². The van der Waals surface area contributed by atoms with E-state index in [1.807, 2.05) is 0 Å². The van der Waals surface area contributed by atoms with Gasteiger partial charge in [0.2, 0.25) is 0 Å². The third kappa shape index (κ3) is 11.4. The van der Waals surface area contributed by atoms with Crippen LogP contribution in [0.5, 0.6) is 0 Å². The quantitative estimate of drug-likeness (QED) is 0.372. The zero-order chi connectivity index (χ0) is 16.1. The maximum atomic E-state index is 9.49. The Kier molecular flexibility index (Phi) is 11.2. The second kappa shape index (κ2) is 12.3. The highest BCUT2D eigenvalue weighted by Gasteiger charge is 2.36. The van der Waals surface area contributed by atoms with E-state index in [1.165, 1.54) is 83.5 Å². The fraction of sp³-hybridized carbons (Fsp3) is 1.00. The molecular formula is C19H39NO2. The van der Waals surface area contributed by atoms with E-state index in [-0.39, 0.29) is 18.2 Å². The number of aliphatic hydroxyl groups is 2. The fourth-order valence-electron chi connectivity index (χ4n) is 3.15. The van der Waals surface area contributed by atoms with Crippen LogP contribution < -0.4 is 5.73 Å². The lowest BCUT2D eigenvalue weighted by atomic mass is 10.0. The summed E-state index contributed by atoms with van der Waals surface area (Å²) in [7, 11) is 0. The number of rotatable bonds is 16. The van der Waals surface area contributed by atoms with E-state index in [4.69, 9.17) is 10.8 Å². The summed E-state index contributed by atoms with van der Waals surface area (Å²) in [5.41, 5.74) is 6.34. The minimum absolute atomic E-state index is 0.105. The average molecular weight is 314 g/mol. The Labute approximate surface area is 137 Å². The first kappa shape index (κ1) is 19.9. The van der Waals surface area contributed by atoms with Crippen LogP contribution in [0, 0.1) is 0 Å². The molecule has 0 aromatic carbocycles. The molecule has 0 aliphatic heterocycles. The van der Waals surface area contributed by atoms with Gasteiger partial charge in [0.15, 0.2) is 0 Å². The van der Waals surface area contributed by atoms with Gasteiger partial charge in [0.25, 0.3) is 0 Å². The fourth-order valence-corrected chi connectivity index (χ4v) is 3.15. The first-order valence-electron chi connectivity index (χ1n) is 9.74. The van der Waals surface area contributed by atoms with Crippen LogP contribution in [0.3, 0.4) is 0 Å². The summed E-state index contributed by atoms with van der Waals surface area (Å²) in [4.78, 5) is 0. The highest BCUT2D eigenvalue weighted by atomic mass is 16.3. The number of hydrogen-bond donors (Lipinski definition) is 3. The first-order valence-corrected chi connectivity index (χ1v) is 9.74. The number of nitrogens with two attached hydrogens (primary N) is 1. The molecule has 1 unspecified atom stereocenters. The van der Waals surface area contributed by atoms with E-state index in [9.17, 15) is 5.11 Å². The van der Waals surface area contributed by atoms with Gasteiger partial charge in [-0.1, -0.05) is 70.6 Å². The predicted octanol–water partition coefficient (Wildman–Crippen LogP) is 4.29. The normalized spacial score (nSPS) is 17.6. The SMILES string of the molecule is NC1(CCCCCCCCCCCCCC(O)CCO)CC1. The molecule has 3 heteroatoms. The summed E-state index contributed by atoms with van der Waals surface area (Å²) < 4.78 is 0. The molecule has 0 heterocycles. The minimum Gasteiger partial charge on any atom is -0.396 e. The molecule has 0 spiro atoms. The van der Waals surface area contributed by atoms with Gasteiger partial charge in [-0.25, -0.2) is 0 Å². The summed E-state index contributed by atoms with van der Waals surface area (Å²) in [5.74, 6) is 0. The summed E-state index contributed by atoms with van der Waals surface area (Å²) in [5, 5.41) is 18.2. The maximum absolute atomic E-state index is 9.49. The van der Waals surface area contributed by atoms with Gasteiger partial charge in [-0.2, -0.15) is 0 Å². The Balaban J connectivity index is 1.67. The highest BCUT2D eigenvalue weighted by molar-refractivity contribution is 4.97. The number of aliphatic hydroxyl groups excluding tert-OH is 2. The van der Waals surface area contributed by atoms with Crippen molar-refractivity contribution in [3.8, 4) is 0 Å². The smallest absolute Gasteiger partial charge is 0.0562 e. The lowest BCUT2D eigenvalue weighted by molar-refractivity contribution is 0.122. The zero-order valence-corrected chi connectivity index (χ0v) is 14.6. The monoisotopic (exact) mass is 313 g/mol. The van der Waals surface area contributed by atoms with E-state index in [0.717, 1.165) is 12.8 Å². The van der Waals surface area contributed by atoms with Gasteiger partial charge in [-0.3, -0.25) is 0 Å². The Hall–Kier alpha value is -0.120. The van der Waals surface area contributed by atoms with Crippen molar-refractivity contribution in [2.24, 2.45) is 5.73 Å². The Morgan fingerprint density at radius 1 is 0.727 bits per heavy atom. The molecule has 0 radical (unpaired) electrons. The van der Waals surface area contributed by atoms with Crippen LogP contribution in [0.4, 0.5) is 0 Å². The minimum atomic E-state index is -0.293. The van der Waals surface area contributed by atoms with Crippen LogP contribution in [-0.2, 0) is 0 Å². The topological polar surface area (TPSA) is 66.5 Å². The van der Waals surface area contributed by atoms with Crippen LogP contribution >= 0.6 is 0 Å². The van der Waals surface area contributed by atoms with Crippen LogP contribution in [0.25, 0.3) is 0 Å². The van der Waals surface area contributed by atoms with Crippen molar-refractivity contribution >= 4 is 0 Å². The van der Waals surface area contributed by atoms with Crippen molar-refractivity contribution in [1.29, 1.82) is 0 Å². The lowest BCUT2D eigenvalue weighted by Crippen LogP contribution is -2.20. The summed E-state index contributed by atoms with van der Waals surface area (Å²) in [6.45, 7) is 0.105. The Bertz CT molecular complexity index is 254. The van der Waals surface area contributed by atoms with E-state index < -0.39 is 0 Å². The van der Waals surface area contributed by atoms with Gasteiger partial charge in [0.05, 0.1) is 6.10 Å². The molecule has 0 saturated heterocycles. The second-order valence-electron chi connectivity index (χ2n) is 7.46. The molecule has 1 fully saturated rings. The summed E-state index contributed by atoms with van der Waals surface area (Å²) >= 11 is 0. The molecule has 132 valence electrons. The number of unbranched alkanes of at least 4 members (excludes halogenated alkanes) is 10. The maximum Gasteiger partial charge on any atom is 0.0562 e. The van der Waals surface area contributed by atoms with Gasteiger partial charge in [0.1, 0.15) is 0 Å². The van der Waals surface area contributed by atoms with Crippen molar-refractivity contribution in [3.05, 3.63) is 0 Å². The highest BCUT2D eigenvalue weighted by Crippen LogP contribution is 2.37. The summed E-state index contributed by atoms with van der Waals surface area (Å²) in [6, 6.07) is 0. The molecule has 22 heavy (non-hydrogen) atoms. The Morgan fingerprint density at radius 2 is 1.18 bits per heavy atom. The van der Waals surface area contributed by atoms with Crippen LogP contribution in [0.2, 0.25) is 0 Å². The van der Waals surface area contributed by atoms with Crippen molar-refractivity contribution in [2.45, 2.75) is 114 Å². The molecule has 4 N–H and O–H groups in total. The molecule has 1 aliphatic carbocycles. The summed E-state index contributed by atoms with van der Waals surface area (Å²) in [6.07, 6.45) is 19.4. The van der Waals surface area contributed by atoms with Crippen molar-refractivity contribution in [1.82, 2.24) is 0 Å². The van der Waals surface area contributed by atoms with Gasteiger partial charge >= 0.3 is 0 Å².